The van der Waals surface area contributed by atoms with Crippen LogP contribution in [0.15, 0.2) is 66.7 Å². The molecule has 1 aliphatic carbocycles. The Morgan fingerprint density at radius 3 is 2.14 bits per heavy atom. The molecule has 6 nitrogen and oxygen atoms in total. The lowest BCUT2D eigenvalue weighted by atomic mass is 10.0. The van der Waals surface area contributed by atoms with Gasteiger partial charge in [0.15, 0.2) is 5.78 Å². The molecule has 0 bridgehead atoms. The van der Waals surface area contributed by atoms with Gasteiger partial charge in [-0.15, -0.1) is 0 Å². The van der Waals surface area contributed by atoms with Gasteiger partial charge < -0.3 is 15.5 Å². The van der Waals surface area contributed by atoms with Gasteiger partial charge in [0, 0.05) is 54.6 Å². The fraction of sp³-hybridized carbons (Fsp3) is 0.148. The molecule has 0 amide bonds. The van der Waals surface area contributed by atoms with Crippen molar-refractivity contribution in [1.29, 1.82) is 0 Å². The number of nitrogens with two attached hydrogens (primary N) is 1. The van der Waals surface area contributed by atoms with Crippen molar-refractivity contribution in [2.45, 2.75) is 0 Å². The second kappa shape index (κ2) is 8.16. The Morgan fingerprint density at radius 1 is 0.743 bits per heavy atom. The maximum Gasteiger partial charge on any atom is 0.221 e. The van der Waals surface area contributed by atoms with E-state index in [1.54, 1.807) is 6.07 Å². The van der Waals surface area contributed by atoms with E-state index in [9.17, 15) is 13.6 Å². The maximum atomic E-state index is 14.3. The summed E-state index contributed by atoms with van der Waals surface area (Å²) in [5.74, 6) is -1.18. The number of rotatable bonds is 3. The topological polar surface area (TPSA) is 75.3 Å². The van der Waals surface area contributed by atoms with Crippen molar-refractivity contribution >= 4 is 23.1 Å². The minimum atomic E-state index is -0.593. The Kier molecular flexibility index (Phi) is 4.95. The Morgan fingerprint density at radius 2 is 1.43 bits per heavy atom. The van der Waals surface area contributed by atoms with Crippen LogP contribution in [0.25, 0.3) is 22.5 Å². The molecular formula is C27H21F2N5O. The predicted molar refractivity (Wildman–Crippen MR) is 132 cm³/mol. The molecule has 0 spiro atoms. The van der Waals surface area contributed by atoms with Crippen molar-refractivity contribution in [1.82, 2.24) is 9.97 Å². The van der Waals surface area contributed by atoms with E-state index in [0.717, 1.165) is 22.9 Å². The maximum absolute atomic E-state index is 14.3. The van der Waals surface area contributed by atoms with Crippen molar-refractivity contribution in [2.24, 2.45) is 0 Å². The molecule has 174 valence electrons. The molecule has 0 unspecified atom stereocenters. The van der Waals surface area contributed by atoms with Crippen LogP contribution >= 0.6 is 0 Å². The van der Waals surface area contributed by atoms with Crippen LogP contribution in [0.3, 0.4) is 0 Å². The zero-order valence-electron chi connectivity index (χ0n) is 18.7. The van der Waals surface area contributed by atoms with Crippen molar-refractivity contribution < 1.29 is 13.6 Å². The third-order valence-corrected chi connectivity index (χ3v) is 6.60. The van der Waals surface area contributed by atoms with Crippen LogP contribution in [0.5, 0.6) is 0 Å². The highest BCUT2D eigenvalue weighted by Crippen LogP contribution is 2.45. The first-order valence-electron chi connectivity index (χ1n) is 11.4. The summed E-state index contributed by atoms with van der Waals surface area (Å²) in [6, 6.07) is 18.8. The zero-order chi connectivity index (χ0) is 24.1. The molecular weight excluding hydrogens is 448 g/mol. The van der Waals surface area contributed by atoms with Gasteiger partial charge in [0.05, 0.1) is 22.6 Å². The van der Waals surface area contributed by atoms with Gasteiger partial charge >= 0.3 is 0 Å². The van der Waals surface area contributed by atoms with Crippen LogP contribution in [-0.4, -0.2) is 41.9 Å². The number of carbonyl (C=O) groups is 1. The van der Waals surface area contributed by atoms with Crippen molar-refractivity contribution in [2.75, 3.05) is 41.7 Å². The van der Waals surface area contributed by atoms with Crippen LogP contribution < -0.4 is 15.5 Å². The molecule has 6 rings (SSSR count). The van der Waals surface area contributed by atoms with Gasteiger partial charge in [-0.3, -0.25) is 4.79 Å². The van der Waals surface area contributed by atoms with Crippen molar-refractivity contribution in [3.05, 3.63) is 89.5 Å². The van der Waals surface area contributed by atoms with Gasteiger partial charge in [0.2, 0.25) is 5.95 Å². The lowest BCUT2D eigenvalue weighted by Gasteiger charge is -2.38. The number of benzene rings is 3. The Labute approximate surface area is 200 Å². The molecule has 1 aliphatic heterocycles. The second-order valence-electron chi connectivity index (χ2n) is 8.62. The summed E-state index contributed by atoms with van der Waals surface area (Å²) < 4.78 is 27.6. The number of anilines is 3. The van der Waals surface area contributed by atoms with Crippen molar-refractivity contribution in [3.63, 3.8) is 0 Å². The average Bonchev–Trinajstić information content (AvgIpc) is 3.16. The van der Waals surface area contributed by atoms with E-state index < -0.39 is 11.6 Å². The van der Waals surface area contributed by atoms with E-state index in [1.165, 1.54) is 12.1 Å². The molecule has 2 N–H and O–H groups in total. The minimum Gasteiger partial charge on any atom is -0.368 e. The third kappa shape index (κ3) is 3.49. The monoisotopic (exact) mass is 469 g/mol. The summed E-state index contributed by atoms with van der Waals surface area (Å²) in [7, 11) is 0. The molecule has 1 fully saturated rings. The second-order valence-corrected chi connectivity index (χ2v) is 8.62. The number of halogens is 2. The van der Waals surface area contributed by atoms with Crippen LogP contribution in [0.4, 0.5) is 26.1 Å². The third-order valence-electron chi connectivity index (χ3n) is 6.60. The molecule has 2 aliphatic rings. The normalized spacial score (nSPS) is 14.7. The molecule has 3 aromatic carbocycles. The Hall–Kier alpha value is -4.33. The van der Waals surface area contributed by atoms with E-state index >= 15 is 0 Å². The highest BCUT2D eigenvalue weighted by Gasteiger charge is 2.36. The highest BCUT2D eigenvalue weighted by atomic mass is 19.1. The molecule has 1 saturated heterocycles. The van der Waals surface area contributed by atoms with Crippen LogP contribution in [0.1, 0.15) is 15.9 Å². The van der Waals surface area contributed by atoms with E-state index in [-0.39, 0.29) is 11.7 Å². The van der Waals surface area contributed by atoms with Gasteiger partial charge in [-0.2, -0.15) is 0 Å². The number of nitrogen functional groups attached to an aromatic ring is 1. The standard InChI is InChI=1S/C27H21F2N5O/c28-17-9-10-20(19(29)15-17)33-11-13-34(14-12-33)21-8-4-7-18-22(21)25-23(26(18)35)24(31-27(30)32-25)16-5-2-1-3-6-16/h1-10,15H,11-14H2,(H2,30,31,32). The predicted octanol–water partition coefficient (Wildman–Crippen LogP) is 4.54. The first-order chi connectivity index (χ1) is 17.0. The number of piperazine rings is 1. The largest absolute Gasteiger partial charge is 0.368 e. The number of nitrogens with zero attached hydrogens (tertiary/aromatic N) is 4. The SMILES string of the molecule is Nc1nc(-c2ccccc2)c2c(n1)-c1c(cccc1N1CCN(c3ccc(F)cc3F)CC1)C2=O. The molecule has 0 saturated carbocycles. The number of carbonyl (C=O) groups excluding carboxylic acids is 1. The summed E-state index contributed by atoms with van der Waals surface area (Å²) in [6.45, 7) is 2.30. The number of fused-ring (bicyclic) bond motifs is 3. The van der Waals surface area contributed by atoms with E-state index in [4.69, 9.17) is 5.73 Å². The number of ketones is 1. The van der Waals surface area contributed by atoms with Gasteiger partial charge in [-0.1, -0.05) is 42.5 Å². The van der Waals surface area contributed by atoms with Crippen molar-refractivity contribution in [3.8, 4) is 22.5 Å². The molecule has 8 heteroatoms. The zero-order valence-corrected chi connectivity index (χ0v) is 18.7. The number of hydrogen-bond donors (Lipinski definition) is 1. The van der Waals surface area contributed by atoms with E-state index in [1.807, 2.05) is 47.4 Å². The Bertz CT molecular complexity index is 1470. The first-order valence-corrected chi connectivity index (χ1v) is 11.4. The molecule has 2 heterocycles. The number of hydrogen-bond acceptors (Lipinski definition) is 6. The van der Waals surface area contributed by atoms with Gasteiger partial charge in [0.25, 0.3) is 0 Å². The van der Waals surface area contributed by atoms with Gasteiger partial charge in [-0.05, 0) is 18.2 Å². The minimum absolute atomic E-state index is 0.106. The van der Waals surface area contributed by atoms with Crippen LogP contribution in [0.2, 0.25) is 0 Å². The van der Waals surface area contributed by atoms with Gasteiger partial charge in [-0.25, -0.2) is 18.7 Å². The quantitative estimate of drug-likeness (QED) is 0.418. The summed E-state index contributed by atoms with van der Waals surface area (Å²) in [5.41, 5.74) is 11.0. The summed E-state index contributed by atoms with van der Waals surface area (Å²) >= 11 is 0. The van der Waals surface area contributed by atoms with Crippen LogP contribution in [0, 0.1) is 11.6 Å². The Balaban J connectivity index is 1.37. The summed E-state index contributed by atoms with van der Waals surface area (Å²) in [6.07, 6.45) is 0. The van der Waals surface area contributed by atoms with Crippen LogP contribution in [-0.2, 0) is 0 Å². The fourth-order valence-electron chi connectivity index (χ4n) is 4.98. The average molecular weight is 469 g/mol. The molecule has 0 atom stereocenters. The fourth-order valence-corrected chi connectivity index (χ4v) is 4.98. The lowest BCUT2D eigenvalue weighted by molar-refractivity contribution is 0.104. The lowest BCUT2D eigenvalue weighted by Crippen LogP contribution is -2.47. The van der Waals surface area contributed by atoms with E-state index in [0.29, 0.717) is 54.4 Å². The summed E-state index contributed by atoms with van der Waals surface area (Å²) in [5, 5.41) is 0. The molecule has 35 heavy (non-hydrogen) atoms. The first kappa shape index (κ1) is 21.2. The highest BCUT2D eigenvalue weighted by molar-refractivity contribution is 6.25. The number of aromatic nitrogens is 2. The molecule has 4 aromatic rings. The molecule has 1 aromatic heterocycles. The molecule has 0 radical (unpaired) electrons. The summed E-state index contributed by atoms with van der Waals surface area (Å²) in [4.78, 5) is 26.5. The van der Waals surface area contributed by atoms with Gasteiger partial charge in [0.1, 0.15) is 11.6 Å². The van der Waals surface area contributed by atoms with E-state index in [2.05, 4.69) is 14.9 Å². The smallest absolute Gasteiger partial charge is 0.221 e.